The Morgan fingerprint density at radius 3 is 2.26 bits per heavy atom. The zero-order valence-corrected chi connectivity index (χ0v) is 17.3. The first kappa shape index (κ1) is 20.2. The fraction of sp³-hybridized carbons (Fsp3) is 0.125. The lowest BCUT2D eigenvalue weighted by atomic mass is 10.2. The molecule has 0 aliphatic rings. The smallest absolute Gasteiger partial charge is 0.295 e. The first-order valence-electron chi connectivity index (χ1n) is 9.89. The fourth-order valence-electron chi connectivity index (χ4n) is 3.07. The molecular weight excluding hydrogens is 392 g/mol. The summed E-state index contributed by atoms with van der Waals surface area (Å²) in [5, 5.41) is 7.32. The minimum absolute atomic E-state index is 0.0727. The summed E-state index contributed by atoms with van der Waals surface area (Å²) in [4.78, 5) is 17.4. The van der Waals surface area contributed by atoms with E-state index in [1.165, 1.54) is 0 Å². The fourth-order valence-corrected chi connectivity index (χ4v) is 3.07. The van der Waals surface area contributed by atoms with Crippen molar-refractivity contribution in [3.05, 3.63) is 84.7 Å². The number of anilines is 1. The summed E-state index contributed by atoms with van der Waals surface area (Å²) in [6, 6.07) is 24.2. The Bertz CT molecular complexity index is 1150. The molecule has 1 N–H and O–H groups in total. The van der Waals surface area contributed by atoms with Gasteiger partial charge < -0.3 is 14.8 Å². The van der Waals surface area contributed by atoms with Crippen molar-refractivity contribution in [2.45, 2.75) is 6.92 Å². The number of carbonyl (C=O) groups excluding carboxylic acids is 1. The van der Waals surface area contributed by atoms with Gasteiger partial charge in [-0.3, -0.25) is 4.79 Å². The van der Waals surface area contributed by atoms with Crippen LogP contribution in [0.5, 0.6) is 11.5 Å². The van der Waals surface area contributed by atoms with E-state index in [4.69, 9.17) is 9.47 Å². The molecule has 156 valence electrons. The van der Waals surface area contributed by atoms with E-state index >= 15 is 0 Å². The number of benzene rings is 3. The van der Waals surface area contributed by atoms with Gasteiger partial charge in [-0.15, -0.1) is 5.10 Å². The molecule has 1 amide bonds. The van der Waals surface area contributed by atoms with Crippen molar-refractivity contribution in [3.63, 3.8) is 0 Å². The van der Waals surface area contributed by atoms with Gasteiger partial charge in [0.2, 0.25) is 5.82 Å². The number of aromatic nitrogens is 3. The molecule has 4 rings (SSSR count). The maximum absolute atomic E-state index is 12.9. The molecule has 0 unspecified atom stereocenters. The molecule has 3 aromatic carbocycles. The summed E-state index contributed by atoms with van der Waals surface area (Å²) in [5.41, 5.74) is 2.26. The molecule has 7 heteroatoms. The van der Waals surface area contributed by atoms with Crippen LogP contribution in [0.25, 0.3) is 17.1 Å². The van der Waals surface area contributed by atoms with Gasteiger partial charge in [-0.2, -0.15) is 0 Å². The van der Waals surface area contributed by atoms with Crippen LogP contribution in [0.4, 0.5) is 5.69 Å². The monoisotopic (exact) mass is 414 g/mol. The quantitative estimate of drug-likeness (QED) is 0.478. The highest BCUT2D eigenvalue weighted by Crippen LogP contribution is 2.24. The summed E-state index contributed by atoms with van der Waals surface area (Å²) in [6.07, 6.45) is 0. The van der Waals surface area contributed by atoms with E-state index in [0.29, 0.717) is 18.1 Å². The molecule has 0 aliphatic carbocycles. The lowest BCUT2D eigenvalue weighted by molar-refractivity contribution is 0.101. The number of rotatable bonds is 7. The number of para-hydroxylation sites is 1. The lowest BCUT2D eigenvalue weighted by Crippen LogP contribution is -2.14. The Hall–Kier alpha value is -4.13. The third kappa shape index (κ3) is 4.56. The third-order valence-electron chi connectivity index (χ3n) is 4.58. The molecule has 1 heterocycles. The molecule has 0 saturated carbocycles. The molecule has 0 atom stereocenters. The predicted molar refractivity (Wildman–Crippen MR) is 119 cm³/mol. The summed E-state index contributed by atoms with van der Waals surface area (Å²) >= 11 is 0. The number of amides is 1. The topological polar surface area (TPSA) is 78.3 Å². The van der Waals surface area contributed by atoms with Crippen LogP contribution in [0.3, 0.4) is 0 Å². The van der Waals surface area contributed by atoms with Gasteiger partial charge in [-0.1, -0.05) is 18.2 Å². The number of methoxy groups -OCH3 is 1. The number of nitrogens with zero attached hydrogens (tertiary/aromatic N) is 3. The lowest BCUT2D eigenvalue weighted by Gasteiger charge is -2.06. The normalized spacial score (nSPS) is 10.5. The number of hydrogen-bond acceptors (Lipinski definition) is 5. The third-order valence-corrected chi connectivity index (χ3v) is 4.58. The van der Waals surface area contributed by atoms with E-state index in [0.717, 1.165) is 22.7 Å². The standard InChI is InChI=1S/C24H22N4O3/c1-3-31-21-15-11-18(12-16-21)25-24(29)22-26-23(17-9-13-20(30-2)14-10-17)28(27-22)19-7-5-4-6-8-19/h4-16H,3H2,1-2H3,(H,25,29). The van der Waals surface area contributed by atoms with Crippen LogP contribution in [0, 0.1) is 0 Å². The first-order chi connectivity index (χ1) is 15.2. The van der Waals surface area contributed by atoms with Crippen LogP contribution in [0.2, 0.25) is 0 Å². The number of ether oxygens (including phenoxy) is 2. The van der Waals surface area contributed by atoms with Crippen molar-refractivity contribution < 1.29 is 14.3 Å². The van der Waals surface area contributed by atoms with Crippen LogP contribution in [-0.4, -0.2) is 34.4 Å². The molecule has 0 fully saturated rings. The predicted octanol–water partition coefficient (Wildman–Crippen LogP) is 4.59. The largest absolute Gasteiger partial charge is 0.497 e. The van der Waals surface area contributed by atoms with Crippen LogP contribution < -0.4 is 14.8 Å². The van der Waals surface area contributed by atoms with Gasteiger partial charge in [0.15, 0.2) is 5.82 Å². The van der Waals surface area contributed by atoms with Gasteiger partial charge in [0, 0.05) is 11.3 Å². The Balaban J connectivity index is 1.66. The average Bonchev–Trinajstić information content (AvgIpc) is 3.27. The highest BCUT2D eigenvalue weighted by Gasteiger charge is 2.19. The molecular formula is C24H22N4O3. The van der Waals surface area contributed by atoms with E-state index in [-0.39, 0.29) is 5.82 Å². The van der Waals surface area contributed by atoms with Crippen LogP contribution in [-0.2, 0) is 0 Å². The summed E-state index contributed by atoms with van der Waals surface area (Å²) in [5.74, 6) is 1.72. The summed E-state index contributed by atoms with van der Waals surface area (Å²) in [7, 11) is 1.62. The molecule has 1 aromatic heterocycles. The molecule has 0 radical (unpaired) electrons. The van der Waals surface area contributed by atoms with Crippen molar-refractivity contribution in [3.8, 4) is 28.6 Å². The minimum atomic E-state index is -0.395. The van der Waals surface area contributed by atoms with Crippen LogP contribution >= 0.6 is 0 Å². The van der Waals surface area contributed by atoms with E-state index in [2.05, 4.69) is 15.4 Å². The van der Waals surface area contributed by atoms with Crippen LogP contribution in [0.15, 0.2) is 78.9 Å². The molecule has 0 spiro atoms. The Labute approximate surface area is 180 Å². The second kappa shape index (κ2) is 9.13. The first-order valence-corrected chi connectivity index (χ1v) is 9.89. The van der Waals surface area contributed by atoms with Gasteiger partial charge in [-0.25, -0.2) is 9.67 Å². The Kier molecular flexibility index (Phi) is 5.93. The molecule has 7 nitrogen and oxygen atoms in total. The van der Waals surface area contributed by atoms with Crippen molar-refractivity contribution in [1.29, 1.82) is 0 Å². The molecule has 0 aliphatic heterocycles. The second-order valence-electron chi connectivity index (χ2n) is 6.65. The summed E-state index contributed by atoms with van der Waals surface area (Å²) < 4.78 is 12.3. The van der Waals surface area contributed by atoms with Crippen molar-refractivity contribution in [2.24, 2.45) is 0 Å². The van der Waals surface area contributed by atoms with Gasteiger partial charge >= 0.3 is 0 Å². The van der Waals surface area contributed by atoms with Crippen LogP contribution in [0.1, 0.15) is 17.5 Å². The van der Waals surface area contributed by atoms with Crippen molar-refractivity contribution >= 4 is 11.6 Å². The number of carbonyl (C=O) groups is 1. The van der Waals surface area contributed by atoms with E-state index < -0.39 is 5.91 Å². The SMILES string of the molecule is CCOc1ccc(NC(=O)c2nc(-c3ccc(OC)cc3)n(-c3ccccc3)n2)cc1. The molecule has 4 aromatic rings. The summed E-state index contributed by atoms with van der Waals surface area (Å²) in [6.45, 7) is 2.51. The Morgan fingerprint density at radius 2 is 1.61 bits per heavy atom. The average molecular weight is 414 g/mol. The molecule has 0 bridgehead atoms. The number of hydrogen-bond donors (Lipinski definition) is 1. The Morgan fingerprint density at radius 1 is 0.935 bits per heavy atom. The van der Waals surface area contributed by atoms with Gasteiger partial charge in [-0.05, 0) is 67.6 Å². The molecule has 0 saturated heterocycles. The number of nitrogens with one attached hydrogen (secondary N) is 1. The van der Waals surface area contributed by atoms with E-state index in [1.807, 2.05) is 61.5 Å². The highest BCUT2D eigenvalue weighted by atomic mass is 16.5. The van der Waals surface area contributed by atoms with Gasteiger partial charge in [0.1, 0.15) is 11.5 Å². The van der Waals surface area contributed by atoms with Gasteiger partial charge in [0.05, 0.1) is 19.4 Å². The zero-order chi connectivity index (χ0) is 21.6. The van der Waals surface area contributed by atoms with Crippen molar-refractivity contribution in [2.75, 3.05) is 19.0 Å². The zero-order valence-electron chi connectivity index (χ0n) is 17.3. The highest BCUT2D eigenvalue weighted by molar-refractivity contribution is 6.01. The minimum Gasteiger partial charge on any atom is -0.497 e. The molecule has 31 heavy (non-hydrogen) atoms. The van der Waals surface area contributed by atoms with Crippen molar-refractivity contribution in [1.82, 2.24) is 14.8 Å². The van der Waals surface area contributed by atoms with E-state index in [1.54, 1.807) is 36.1 Å². The maximum atomic E-state index is 12.9. The van der Waals surface area contributed by atoms with E-state index in [9.17, 15) is 4.79 Å². The maximum Gasteiger partial charge on any atom is 0.295 e. The second-order valence-corrected chi connectivity index (χ2v) is 6.65. The van der Waals surface area contributed by atoms with Gasteiger partial charge in [0.25, 0.3) is 5.91 Å².